The number of nitrogens with one attached hydrogen (secondary N) is 2. The van der Waals surface area contributed by atoms with E-state index in [1.165, 1.54) is 7.11 Å². The number of ether oxygens (including phenoxy) is 1. The molecule has 0 aromatic rings. The molecule has 1 rings (SSSR count). The van der Waals surface area contributed by atoms with Gasteiger partial charge in [-0.1, -0.05) is 13.8 Å². The predicted octanol–water partition coefficient (Wildman–Crippen LogP) is 0.442. The van der Waals surface area contributed by atoms with Crippen LogP contribution in [0.25, 0.3) is 0 Å². The van der Waals surface area contributed by atoms with Gasteiger partial charge in [0.25, 0.3) is 0 Å². The van der Waals surface area contributed by atoms with Gasteiger partial charge < -0.3 is 15.4 Å². The largest absolute Gasteiger partial charge is 0.467 e. The molecule has 0 bridgehead atoms. The minimum Gasteiger partial charge on any atom is -0.467 e. The summed E-state index contributed by atoms with van der Waals surface area (Å²) in [6, 6.07) is -0.851. The lowest BCUT2D eigenvalue weighted by molar-refractivity contribution is -0.145. The molecule has 17 heavy (non-hydrogen) atoms. The average molecular weight is 242 g/mol. The van der Waals surface area contributed by atoms with Crippen molar-refractivity contribution >= 4 is 11.9 Å². The number of piperidine rings is 1. The maximum Gasteiger partial charge on any atom is 0.328 e. The number of rotatable bonds is 3. The van der Waals surface area contributed by atoms with E-state index in [0.717, 1.165) is 19.4 Å². The summed E-state index contributed by atoms with van der Waals surface area (Å²) in [4.78, 5) is 23.3. The van der Waals surface area contributed by atoms with Crippen molar-refractivity contribution < 1.29 is 14.3 Å². The molecule has 1 amide bonds. The monoisotopic (exact) mass is 242 g/mol. The van der Waals surface area contributed by atoms with Gasteiger partial charge in [-0.25, -0.2) is 4.79 Å². The molecule has 0 saturated carbocycles. The van der Waals surface area contributed by atoms with Crippen LogP contribution in [0.5, 0.6) is 0 Å². The molecule has 1 unspecified atom stereocenters. The van der Waals surface area contributed by atoms with Gasteiger partial charge in [0.2, 0.25) is 5.91 Å². The molecule has 1 heterocycles. The lowest BCUT2D eigenvalue weighted by atomic mass is 9.77. The lowest BCUT2D eigenvalue weighted by Gasteiger charge is -2.38. The summed E-state index contributed by atoms with van der Waals surface area (Å²) in [6.45, 7) is 6.59. The van der Waals surface area contributed by atoms with E-state index in [1.54, 1.807) is 6.92 Å². The Morgan fingerprint density at radius 1 is 1.47 bits per heavy atom. The van der Waals surface area contributed by atoms with E-state index in [2.05, 4.69) is 29.2 Å². The van der Waals surface area contributed by atoms with Crippen molar-refractivity contribution in [2.75, 3.05) is 13.7 Å². The fourth-order valence-corrected chi connectivity index (χ4v) is 2.19. The minimum absolute atomic E-state index is 0.0851. The molecule has 0 aromatic heterocycles. The van der Waals surface area contributed by atoms with E-state index in [9.17, 15) is 9.59 Å². The second-order valence-electron chi connectivity index (χ2n) is 5.23. The average Bonchev–Trinajstić information content (AvgIpc) is 2.26. The van der Waals surface area contributed by atoms with Gasteiger partial charge in [0, 0.05) is 0 Å². The Kier molecular flexibility index (Phi) is 4.51. The molecule has 1 fully saturated rings. The summed E-state index contributed by atoms with van der Waals surface area (Å²) in [5.74, 6) is -0.556. The smallest absolute Gasteiger partial charge is 0.328 e. The van der Waals surface area contributed by atoms with E-state index in [1.807, 2.05) is 0 Å². The number of methoxy groups -OCH3 is 1. The Bertz CT molecular complexity index is 302. The Morgan fingerprint density at radius 3 is 2.65 bits per heavy atom. The van der Waals surface area contributed by atoms with Gasteiger partial charge in [0.15, 0.2) is 0 Å². The first-order chi connectivity index (χ1) is 7.88. The topological polar surface area (TPSA) is 67.4 Å². The highest BCUT2D eigenvalue weighted by Crippen LogP contribution is 2.30. The number of esters is 1. The van der Waals surface area contributed by atoms with Crippen molar-refractivity contribution in [3.05, 3.63) is 0 Å². The summed E-state index contributed by atoms with van der Waals surface area (Å²) in [7, 11) is 1.31. The molecular formula is C12H22N2O3. The van der Waals surface area contributed by atoms with Gasteiger partial charge in [-0.05, 0) is 31.7 Å². The summed E-state index contributed by atoms with van der Waals surface area (Å²) in [5.41, 5.74) is -0.0851. The maximum absolute atomic E-state index is 12.1. The highest BCUT2D eigenvalue weighted by Gasteiger charge is 2.37. The molecule has 0 aromatic carbocycles. The third kappa shape index (κ3) is 3.43. The molecule has 0 radical (unpaired) electrons. The van der Waals surface area contributed by atoms with Gasteiger partial charge in [0.05, 0.1) is 13.2 Å². The molecule has 5 nitrogen and oxygen atoms in total. The zero-order valence-electron chi connectivity index (χ0n) is 11.0. The van der Waals surface area contributed by atoms with Crippen LogP contribution in [0, 0.1) is 5.41 Å². The lowest BCUT2D eigenvalue weighted by Crippen LogP contribution is -2.57. The Labute approximate surface area is 102 Å². The molecule has 2 atom stereocenters. The van der Waals surface area contributed by atoms with Crippen molar-refractivity contribution in [3.8, 4) is 0 Å². The van der Waals surface area contributed by atoms with Crippen LogP contribution in [0.3, 0.4) is 0 Å². The van der Waals surface area contributed by atoms with Gasteiger partial charge in [0.1, 0.15) is 6.04 Å². The molecule has 98 valence electrons. The number of amides is 1. The summed E-state index contributed by atoms with van der Waals surface area (Å²) in [5, 5.41) is 5.89. The quantitative estimate of drug-likeness (QED) is 0.705. The number of carbonyl (C=O) groups excluding carboxylic acids is 2. The number of hydrogen-bond donors (Lipinski definition) is 2. The first kappa shape index (κ1) is 14.0. The van der Waals surface area contributed by atoms with E-state index in [-0.39, 0.29) is 17.4 Å². The molecule has 1 aliphatic heterocycles. The fourth-order valence-electron chi connectivity index (χ4n) is 2.19. The van der Waals surface area contributed by atoms with Crippen molar-refractivity contribution in [1.29, 1.82) is 0 Å². The second-order valence-corrected chi connectivity index (χ2v) is 5.23. The standard InChI is InChI=1S/C12H22N2O3/c1-8(11(16)17-4)14-10(15)9-12(2,3)6-5-7-13-9/h8-9,13H,5-7H2,1-4H3,(H,14,15)/t8-,9?/m0/s1. The number of carbonyl (C=O) groups is 2. The van der Waals surface area contributed by atoms with Crippen molar-refractivity contribution in [3.63, 3.8) is 0 Å². The molecule has 5 heteroatoms. The molecule has 0 spiro atoms. The second kappa shape index (κ2) is 5.49. The Balaban J connectivity index is 2.60. The molecule has 2 N–H and O–H groups in total. The van der Waals surface area contributed by atoms with Gasteiger partial charge in [-0.3, -0.25) is 4.79 Å². The predicted molar refractivity (Wildman–Crippen MR) is 64.4 cm³/mol. The van der Waals surface area contributed by atoms with E-state index >= 15 is 0 Å². The summed E-state index contributed by atoms with van der Waals surface area (Å²) >= 11 is 0. The van der Waals surface area contributed by atoms with Crippen LogP contribution >= 0.6 is 0 Å². The van der Waals surface area contributed by atoms with Crippen LogP contribution in [0.4, 0.5) is 0 Å². The van der Waals surface area contributed by atoms with Crippen LogP contribution in [0.1, 0.15) is 33.6 Å². The van der Waals surface area contributed by atoms with Crippen LogP contribution < -0.4 is 10.6 Å². The highest BCUT2D eigenvalue weighted by atomic mass is 16.5. The third-order valence-electron chi connectivity index (χ3n) is 3.30. The van der Waals surface area contributed by atoms with Gasteiger partial charge in [-0.15, -0.1) is 0 Å². The van der Waals surface area contributed by atoms with Crippen molar-refractivity contribution in [2.45, 2.75) is 45.7 Å². The Morgan fingerprint density at radius 2 is 2.12 bits per heavy atom. The van der Waals surface area contributed by atoms with E-state index in [0.29, 0.717) is 0 Å². The zero-order valence-corrected chi connectivity index (χ0v) is 11.0. The van der Waals surface area contributed by atoms with E-state index in [4.69, 9.17) is 0 Å². The van der Waals surface area contributed by atoms with Crippen molar-refractivity contribution in [2.24, 2.45) is 5.41 Å². The van der Waals surface area contributed by atoms with Crippen LogP contribution in [0.15, 0.2) is 0 Å². The Hall–Kier alpha value is -1.10. The van der Waals surface area contributed by atoms with Crippen LogP contribution in [-0.2, 0) is 14.3 Å². The normalized spacial score (nSPS) is 24.8. The molecular weight excluding hydrogens is 220 g/mol. The van der Waals surface area contributed by atoms with Crippen LogP contribution in [-0.4, -0.2) is 37.6 Å². The first-order valence-corrected chi connectivity index (χ1v) is 6.00. The number of hydrogen-bond acceptors (Lipinski definition) is 4. The van der Waals surface area contributed by atoms with Crippen molar-refractivity contribution in [1.82, 2.24) is 10.6 Å². The summed E-state index contributed by atoms with van der Waals surface area (Å²) in [6.07, 6.45) is 2.08. The minimum atomic E-state index is -0.605. The zero-order chi connectivity index (χ0) is 13.1. The van der Waals surface area contributed by atoms with E-state index < -0.39 is 12.0 Å². The van der Waals surface area contributed by atoms with Gasteiger partial charge >= 0.3 is 5.97 Å². The first-order valence-electron chi connectivity index (χ1n) is 6.00. The van der Waals surface area contributed by atoms with Gasteiger partial charge in [-0.2, -0.15) is 0 Å². The molecule has 0 aliphatic carbocycles. The molecule has 1 saturated heterocycles. The molecule has 1 aliphatic rings. The fraction of sp³-hybridized carbons (Fsp3) is 0.833. The summed E-state index contributed by atoms with van der Waals surface area (Å²) < 4.78 is 4.58. The third-order valence-corrected chi connectivity index (χ3v) is 3.30. The maximum atomic E-state index is 12.1. The SMILES string of the molecule is COC(=O)[C@H](C)NC(=O)C1NCCCC1(C)C. The van der Waals surface area contributed by atoms with Crippen LogP contribution in [0.2, 0.25) is 0 Å². The highest BCUT2D eigenvalue weighted by molar-refractivity contribution is 5.87.